The Balaban J connectivity index is 1.65. The molecule has 36 heavy (non-hydrogen) atoms. The Labute approximate surface area is 230 Å². The average Bonchev–Trinajstić information content (AvgIpc) is 2.81. The number of hydrogen-bond acceptors (Lipinski definition) is 5. The molecule has 0 aliphatic carbocycles. The molecule has 4 amide bonds. The second-order valence-electron chi connectivity index (χ2n) is 8.25. The van der Waals surface area contributed by atoms with E-state index < -0.39 is 17.8 Å². The molecular weight excluding hydrogens is 639 g/mol. The largest absolute Gasteiger partial charge is 0.493 e. The number of rotatable bonds is 6. The number of benzene rings is 3. The van der Waals surface area contributed by atoms with Gasteiger partial charge in [0.25, 0.3) is 11.8 Å². The van der Waals surface area contributed by atoms with Crippen LogP contribution < -0.4 is 19.7 Å². The molecule has 1 aliphatic rings. The Morgan fingerprint density at radius 2 is 1.67 bits per heavy atom. The van der Waals surface area contributed by atoms with Gasteiger partial charge in [0, 0.05) is 4.47 Å². The van der Waals surface area contributed by atoms with Crippen LogP contribution in [0, 0.1) is 17.4 Å². The summed E-state index contributed by atoms with van der Waals surface area (Å²) >= 11 is 5.54. The van der Waals surface area contributed by atoms with Gasteiger partial charge in [-0.2, -0.15) is 0 Å². The lowest BCUT2D eigenvalue weighted by Crippen LogP contribution is -2.54. The van der Waals surface area contributed by atoms with Crippen LogP contribution in [0.3, 0.4) is 0 Å². The number of ether oxygens (including phenoxy) is 2. The predicted molar refractivity (Wildman–Crippen MR) is 149 cm³/mol. The van der Waals surface area contributed by atoms with E-state index in [1.54, 1.807) is 24.3 Å². The predicted octanol–water partition coefficient (Wildman–Crippen LogP) is 5.92. The Morgan fingerprint density at radius 3 is 2.31 bits per heavy atom. The van der Waals surface area contributed by atoms with E-state index >= 15 is 0 Å². The van der Waals surface area contributed by atoms with Crippen molar-refractivity contribution in [3.63, 3.8) is 0 Å². The highest BCUT2D eigenvalue weighted by atomic mass is 127. The van der Waals surface area contributed by atoms with Gasteiger partial charge < -0.3 is 9.47 Å². The highest BCUT2D eigenvalue weighted by Gasteiger charge is 2.37. The van der Waals surface area contributed by atoms with Crippen LogP contribution in [0.1, 0.15) is 22.3 Å². The van der Waals surface area contributed by atoms with E-state index in [-0.39, 0.29) is 5.57 Å². The average molecular weight is 661 g/mol. The SMILES string of the molecule is COc1cc(/C=C2\C(=O)NC(=O)N(c3cc(C)cc(C)c3)C2=O)cc(I)c1OCc1ccc(Br)cc1. The summed E-state index contributed by atoms with van der Waals surface area (Å²) in [6.07, 6.45) is 1.45. The Kier molecular flexibility index (Phi) is 7.79. The minimum absolute atomic E-state index is 0.157. The summed E-state index contributed by atoms with van der Waals surface area (Å²) in [4.78, 5) is 39.4. The van der Waals surface area contributed by atoms with Crippen LogP contribution in [0.5, 0.6) is 11.5 Å². The first-order valence-electron chi connectivity index (χ1n) is 10.9. The molecule has 1 aliphatic heterocycles. The molecule has 1 heterocycles. The van der Waals surface area contributed by atoms with Gasteiger partial charge in [0.1, 0.15) is 12.2 Å². The molecular formula is C27H22BrIN2O5. The normalized spacial score (nSPS) is 14.8. The van der Waals surface area contributed by atoms with Crippen LogP contribution in [-0.4, -0.2) is 25.0 Å². The van der Waals surface area contributed by atoms with E-state index in [9.17, 15) is 14.4 Å². The number of methoxy groups -OCH3 is 1. The number of nitrogens with one attached hydrogen (secondary N) is 1. The monoisotopic (exact) mass is 660 g/mol. The minimum atomic E-state index is -0.781. The highest BCUT2D eigenvalue weighted by molar-refractivity contribution is 14.1. The molecule has 1 fully saturated rings. The van der Waals surface area contributed by atoms with Gasteiger partial charge in [-0.1, -0.05) is 34.1 Å². The molecule has 4 rings (SSSR count). The fourth-order valence-electron chi connectivity index (χ4n) is 3.84. The fourth-order valence-corrected chi connectivity index (χ4v) is 4.88. The minimum Gasteiger partial charge on any atom is -0.493 e. The first kappa shape index (κ1) is 25.9. The maximum Gasteiger partial charge on any atom is 0.335 e. The number of carbonyl (C=O) groups is 3. The van der Waals surface area contributed by atoms with Crippen LogP contribution in [0.15, 0.2) is 64.6 Å². The van der Waals surface area contributed by atoms with E-state index in [0.29, 0.717) is 29.4 Å². The Morgan fingerprint density at radius 1 is 1.00 bits per heavy atom. The molecule has 0 spiro atoms. The lowest BCUT2D eigenvalue weighted by molar-refractivity contribution is -0.122. The van der Waals surface area contributed by atoms with Crippen molar-refractivity contribution in [3.05, 3.63) is 90.5 Å². The number of amides is 4. The molecule has 1 N–H and O–H groups in total. The maximum atomic E-state index is 13.3. The number of barbiturate groups is 1. The van der Waals surface area contributed by atoms with Crippen LogP contribution in [0.25, 0.3) is 6.08 Å². The number of aryl methyl sites for hydroxylation is 2. The quantitative estimate of drug-likeness (QED) is 0.202. The summed E-state index contributed by atoms with van der Waals surface area (Å²) in [5, 5.41) is 2.26. The van der Waals surface area contributed by atoms with E-state index in [2.05, 4.69) is 43.8 Å². The van der Waals surface area contributed by atoms with E-state index in [1.807, 2.05) is 44.2 Å². The third-order valence-electron chi connectivity index (χ3n) is 5.43. The smallest absolute Gasteiger partial charge is 0.335 e. The van der Waals surface area contributed by atoms with Crippen LogP contribution in [0.4, 0.5) is 10.5 Å². The summed E-state index contributed by atoms with van der Waals surface area (Å²) in [6, 6.07) is 15.9. The molecule has 3 aromatic carbocycles. The van der Waals surface area contributed by atoms with E-state index in [4.69, 9.17) is 9.47 Å². The van der Waals surface area contributed by atoms with Crippen LogP contribution >= 0.6 is 38.5 Å². The first-order valence-corrected chi connectivity index (χ1v) is 12.8. The first-order chi connectivity index (χ1) is 17.2. The van der Waals surface area contributed by atoms with Crippen molar-refractivity contribution >= 4 is 68.1 Å². The second-order valence-corrected chi connectivity index (χ2v) is 10.3. The van der Waals surface area contributed by atoms with Gasteiger partial charge in [-0.25, -0.2) is 9.69 Å². The van der Waals surface area contributed by atoms with Gasteiger partial charge >= 0.3 is 6.03 Å². The molecule has 3 aromatic rings. The van der Waals surface area contributed by atoms with Crippen LogP contribution in [0.2, 0.25) is 0 Å². The maximum absolute atomic E-state index is 13.3. The molecule has 0 saturated carbocycles. The number of imide groups is 2. The zero-order valence-corrected chi connectivity index (χ0v) is 23.5. The molecule has 7 nitrogen and oxygen atoms in total. The standard InChI is InChI=1S/C27H22BrIN2O5/c1-15-8-16(2)10-20(9-15)31-26(33)21(25(32)30-27(31)34)11-18-12-22(29)24(23(13-18)35-3)36-14-17-4-6-19(28)7-5-17/h4-13H,14H2,1-3H3,(H,30,32,34)/b21-11+. The number of halogens is 2. The number of hydrogen-bond donors (Lipinski definition) is 1. The molecule has 184 valence electrons. The van der Waals surface area contributed by atoms with Crippen molar-refractivity contribution in [3.8, 4) is 11.5 Å². The molecule has 0 radical (unpaired) electrons. The van der Waals surface area contributed by atoms with Gasteiger partial charge in [0.15, 0.2) is 11.5 Å². The lowest BCUT2D eigenvalue weighted by atomic mass is 10.0. The summed E-state index contributed by atoms with van der Waals surface area (Å²) in [6.45, 7) is 4.09. The third kappa shape index (κ3) is 5.62. The number of anilines is 1. The van der Waals surface area contributed by atoms with Crippen molar-refractivity contribution in [2.75, 3.05) is 12.0 Å². The topological polar surface area (TPSA) is 84.9 Å². The molecule has 0 bridgehead atoms. The summed E-state index contributed by atoms with van der Waals surface area (Å²) in [5.74, 6) is -0.445. The molecule has 0 atom stereocenters. The Hall–Kier alpha value is -3.18. The summed E-state index contributed by atoms with van der Waals surface area (Å²) in [7, 11) is 1.52. The van der Waals surface area contributed by atoms with Crippen molar-refractivity contribution in [2.45, 2.75) is 20.5 Å². The zero-order chi connectivity index (χ0) is 26.0. The van der Waals surface area contributed by atoms with Crippen LogP contribution in [-0.2, 0) is 16.2 Å². The molecule has 1 saturated heterocycles. The summed E-state index contributed by atoms with van der Waals surface area (Å²) < 4.78 is 13.3. The van der Waals surface area contributed by atoms with Gasteiger partial charge in [-0.15, -0.1) is 0 Å². The third-order valence-corrected chi connectivity index (χ3v) is 6.76. The van der Waals surface area contributed by atoms with Crippen molar-refractivity contribution in [2.24, 2.45) is 0 Å². The van der Waals surface area contributed by atoms with Gasteiger partial charge in [-0.05, 0) is 101 Å². The summed E-state index contributed by atoms with van der Waals surface area (Å²) in [5.41, 5.74) is 3.58. The van der Waals surface area contributed by atoms with Gasteiger partial charge in [0.2, 0.25) is 0 Å². The molecule has 9 heteroatoms. The number of urea groups is 1. The van der Waals surface area contributed by atoms with Gasteiger partial charge in [0.05, 0.1) is 16.4 Å². The van der Waals surface area contributed by atoms with Crippen molar-refractivity contribution in [1.29, 1.82) is 0 Å². The van der Waals surface area contributed by atoms with E-state index in [0.717, 1.165) is 29.6 Å². The molecule has 0 aromatic heterocycles. The van der Waals surface area contributed by atoms with E-state index in [1.165, 1.54) is 13.2 Å². The number of carbonyl (C=O) groups excluding carboxylic acids is 3. The zero-order valence-electron chi connectivity index (χ0n) is 19.7. The molecule has 0 unspecified atom stereocenters. The van der Waals surface area contributed by atoms with Crippen molar-refractivity contribution in [1.82, 2.24) is 5.32 Å². The van der Waals surface area contributed by atoms with Crippen molar-refractivity contribution < 1.29 is 23.9 Å². The van der Waals surface area contributed by atoms with Gasteiger partial charge in [-0.3, -0.25) is 14.9 Å². The fraction of sp³-hybridized carbons (Fsp3) is 0.148. The lowest BCUT2D eigenvalue weighted by Gasteiger charge is -2.27. The Bertz CT molecular complexity index is 1380. The highest BCUT2D eigenvalue weighted by Crippen LogP contribution is 2.35. The number of nitrogens with zero attached hydrogens (tertiary/aromatic N) is 1. The second kappa shape index (κ2) is 10.8.